The summed E-state index contributed by atoms with van der Waals surface area (Å²) in [7, 11) is 9.18. The van der Waals surface area contributed by atoms with E-state index in [-0.39, 0.29) is 8.92 Å². The second kappa shape index (κ2) is 12.9. The molecule has 0 N–H and O–H groups in total. The van der Waals surface area contributed by atoms with Crippen LogP contribution in [0.2, 0.25) is 0 Å². The van der Waals surface area contributed by atoms with Crippen molar-refractivity contribution in [1.29, 1.82) is 0 Å². The van der Waals surface area contributed by atoms with E-state index < -0.39 is 12.7 Å². The fourth-order valence-electron chi connectivity index (χ4n) is 6.09. The van der Waals surface area contributed by atoms with Crippen LogP contribution >= 0.6 is 0 Å². The molecule has 0 aromatic heterocycles. The van der Waals surface area contributed by atoms with E-state index in [0.717, 1.165) is 10.8 Å². The molecule has 6 aromatic rings. The van der Waals surface area contributed by atoms with Gasteiger partial charge in [0.2, 0.25) is 0 Å². The van der Waals surface area contributed by atoms with Crippen molar-refractivity contribution in [1.82, 2.24) is 0 Å². The number of benzene rings is 6. The van der Waals surface area contributed by atoms with Crippen LogP contribution in [0.1, 0.15) is 0 Å². The monoisotopic (exact) mass is 698 g/mol. The Labute approximate surface area is 275 Å². The van der Waals surface area contributed by atoms with Gasteiger partial charge in [-0.25, -0.2) is 0 Å². The molecule has 0 saturated heterocycles. The quantitative estimate of drug-likeness (QED) is 0.145. The van der Waals surface area contributed by atoms with Crippen molar-refractivity contribution in [3.05, 3.63) is 97.1 Å². The average Bonchev–Trinajstić information content (AvgIpc) is 3.12. The summed E-state index contributed by atoms with van der Waals surface area (Å²) in [6.07, 6.45) is 0. The predicted molar refractivity (Wildman–Crippen MR) is 184 cm³/mol. The summed E-state index contributed by atoms with van der Waals surface area (Å²) in [5, 5.41) is 2.79. The molecule has 0 unspecified atom stereocenters. The fraction of sp³-hybridized carbons (Fsp3) is 0.158. The number of methoxy groups -OCH3 is 6. The maximum atomic E-state index is 15.6. The first-order valence-corrected chi connectivity index (χ1v) is 17.8. The van der Waals surface area contributed by atoms with Crippen molar-refractivity contribution in [2.75, 3.05) is 42.7 Å². The summed E-state index contributed by atoms with van der Waals surface area (Å²) in [6, 6.07) is 29.6. The molecule has 8 nitrogen and oxygen atoms in total. The van der Waals surface area contributed by atoms with Gasteiger partial charge in [0.15, 0.2) is 0 Å². The Balaban J connectivity index is 1.74. The first-order valence-electron chi connectivity index (χ1n) is 14.7. The van der Waals surface area contributed by atoms with E-state index in [2.05, 4.69) is 0 Å². The van der Waals surface area contributed by atoms with E-state index in [0.29, 0.717) is 67.5 Å². The Bertz CT molecular complexity index is 2040. The molecule has 0 spiro atoms. The van der Waals surface area contributed by atoms with E-state index >= 15 is 7.67 Å². The molecule has 9 heteroatoms. The van der Waals surface area contributed by atoms with Crippen molar-refractivity contribution in [2.45, 2.75) is 0 Å². The minimum atomic E-state index is -5.38. The van der Waals surface area contributed by atoms with Crippen LogP contribution in [-0.2, 0) is 7.67 Å². The summed E-state index contributed by atoms with van der Waals surface area (Å²) >= 11 is -5.38. The molecular weight excluding hydrogens is 663 g/mol. The molecule has 0 radical (unpaired) electrons. The van der Waals surface area contributed by atoms with E-state index in [1.807, 2.05) is 72.8 Å². The fourth-order valence-corrected chi connectivity index (χ4v) is 10.5. The van der Waals surface area contributed by atoms with Crippen LogP contribution in [0.5, 0.6) is 34.5 Å². The summed E-state index contributed by atoms with van der Waals surface area (Å²) in [5.41, 5.74) is 2.22. The molecule has 0 aliphatic heterocycles. The first-order chi connectivity index (χ1) is 22.8. The Morgan fingerprint density at radius 3 is 1.09 bits per heavy atom. The zero-order chi connectivity index (χ0) is 33.3. The van der Waals surface area contributed by atoms with Gasteiger partial charge in [-0.1, -0.05) is 0 Å². The molecule has 47 heavy (non-hydrogen) atoms. The van der Waals surface area contributed by atoms with Crippen molar-refractivity contribution >= 4 is 43.2 Å². The molecular formula is C38H34O8Se. The SMILES string of the molecule is COc1cc(-c2ccc3ccccc3c2[Se](=O)(=O)c2c(-c3cc(OC)c(OC)c(OC)c3)ccc3ccccc23)cc(OC)c1OC. The Morgan fingerprint density at radius 1 is 0.426 bits per heavy atom. The van der Waals surface area contributed by atoms with Crippen molar-refractivity contribution in [3.8, 4) is 56.8 Å². The molecule has 0 heterocycles. The van der Waals surface area contributed by atoms with E-state index in [9.17, 15) is 0 Å². The molecule has 0 atom stereocenters. The van der Waals surface area contributed by atoms with Crippen LogP contribution in [0, 0.1) is 0 Å². The standard InChI is InChI=1S/C38H34O8Se/c1-41-31-19-25(20-32(42-2)35(31)45-5)29-17-15-23-11-7-9-13-27(23)37(29)47(39,40)38-28-14-10-8-12-24(28)16-18-30(38)26-21-33(43-3)36(46-6)34(22-26)44-4/h7-22H,1-6H3. The molecule has 6 aromatic carbocycles. The summed E-state index contributed by atoms with van der Waals surface area (Å²) in [4.78, 5) is 0. The van der Waals surface area contributed by atoms with E-state index in [1.165, 1.54) is 42.7 Å². The second-order valence-corrected chi connectivity index (χ2v) is 14.5. The van der Waals surface area contributed by atoms with E-state index in [4.69, 9.17) is 28.4 Å². The molecule has 240 valence electrons. The van der Waals surface area contributed by atoms with Crippen LogP contribution in [-0.4, -0.2) is 55.4 Å². The molecule has 0 aliphatic carbocycles. The average molecular weight is 698 g/mol. The van der Waals surface area contributed by atoms with Gasteiger partial charge in [0.1, 0.15) is 0 Å². The molecule has 0 aliphatic rings. The molecule has 0 amide bonds. The van der Waals surface area contributed by atoms with Gasteiger partial charge in [-0.05, 0) is 0 Å². The van der Waals surface area contributed by atoms with Gasteiger partial charge in [-0.3, -0.25) is 0 Å². The van der Waals surface area contributed by atoms with Crippen molar-refractivity contribution in [2.24, 2.45) is 0 Å². The number of hydrogen-bond acceptors (Lipinski definition) is 8. The molecule has 6 rings (SSSR count). The van der Waals surface area contributed by atoms with Gasteiger partial charge in [-0.15, -0.1) is 0 Å². The summed E-state index contributed by atoms with van der Waals surface area (Å²) in [5.74, 6) is 2.47. The van der Waals surface area contributed by atoms with Crippen molar-refractivity contribution < 1.29 is 36.1 Å². The number of hydrogen-bond donors (Lipinski definition) is 0. The van der Waals surface area contributed by atoms with Gasteiger partial charge in [0, 0.05) is 0 Å². The topological polar surface area (TPSA) is 89.5 Å². The van der Waals surface area contributed by atoms with Crippen molar-refractivity contribution in [3.63, 3.8) is 0 Å². The van der Waals surface area contributed by atoms with Gasteiger partial charge in [0.25, 0.3) is 0 Å². The predicted octanol–water partition coefficient (Wildman–Crippen LogP) is 6.80. The minimum absolute atomic E-state index is 0.221. The molecule has 0 fully saturated rings. The third-order valence-corrected chi connectivity index (χ3v) is 12.3. The summed E-state index contributed by atoms with van der Waals surface area (Å²) < 4.78 is 65.4. The maximum absolute atomic E-state index is 15.6. The molecule has 0 bridgehead atoms. The number of ether oxygens (including phenoxy) is 6. The number of fused-ring (bicyclic) bond motifs is 2. The Morgan fingerprint density at radius 2 is 0.766 bits per heavy atom. The Hall–Kier alpha value is -5.24. The normalized spacial score (nSPS) is 11.4. The van der Waals surface area contributed by atoms with Gasteiger partial charge >= 0.3 is 276 Å². The third kappa shape index (κ3) is 5.37. The zero-order valence-corrected chi connectivity index (χ0v) is 28.6. The van der Waals surface area contributed by atoms with Crippen LogP contribution in [0.4, 0.5) is 0 Å². The summed E-state index contributed by atoms with van der Waals surface area (Å²) in [6.45, 7) is 0. The molecule has 0 saturated carbocycles. The zero-order valence-electron chi connectivity index (χ0n) is 26.9. The van der Waals surface area contributed by atoms with Gasteiger partial charge < -0.3 is 0 Å². The van der Waals surface area contributed by atoms with Gasteiger partial charge in [0.05, 0.1) is 0 Å². The van der Waals surface area contributed by atoms with E-state index in [1.54, 1.807) is 24.3 Å². The second-order valence-electron chi connectivity index (χ2n) is 10.7. The van der Waals surface area contributed by atoms with Crippen LogP contribution in [0.25, 0.3) is 43.8 Å². The number of rotatable bonds is 10. The van der Waals surface area contributed by atoms with Crippen LogP contribution in [0.15, 0.2) is 97.1 Å². The van der Waals surface area contributed by atoms with Crippen LogP contribution in [0.3, 0.4) is 0 Å². The third-order valence-electron chi connectivity index (χ3n) is 8.25. The Kier molecular flexibility index (Phi) is 8.69. The van der Waals surface area contributed by atoms with Crippen LogP contribution < -0.4 is 37.3 Å². The first kappa shape index (κ1) is 31.7. The van der Waals surface area contributed by atoms with Gasteiger partial charge in [-0.2, -0.15) is 0 Å².